The Hall–Kier alpha value is -3.93. The van der Waals surface area contributed by atoms with E-state index in [0.29, 0.717) is 23.9 Å². The zero-order valence-corrected chi connectivity index (χ0v) is 15.9. The summed E-state index contributed by atoms with van der Waals surface area (Å²) in [4.78, 5) is 0. The first-order chi connectivity index (χ1) is 14.3. The van der Waals surface area contributed by atoms with Crippen LogP contribution in [0.15, 0.2) is 84.1 Å². The third-order valence-electron chi connectivity index (χ3n) is 4.38. The maximum Gasteiger partial charge on any atom is 0.176 e. The molecule has 4 aromatic rings. The zero-order valence-electron chi connectivity index (χ0n) is 15.9. The molecule has 0 aliphatic heterocycles. The summed E-state index contributed by atoms with van der Waals surface area (Å²) in [6.07, 6.45) is 3.43. The molecule has 6 nitrogen and oxygen atoms in total. The van der Waals surface area contributed by atoms with Gasteiger partial charge in [0.2, 0.25) is 0 Å². The average Bonchev–Trinajstić information content (AvgIpc) is 2.79. The Morgan fingerprint density at radius 2 is 1.79 bits per heavy atom. The van der Waals surface area contributed by atoms with Crippen LogP contribution in [0, 0.1) is 0 Å². The summed E-state index contributed by atoms with van der Waals surface area (Å²) in [5.41, 5.74) is 4.93. The Bertz CT molecular complexity index is 1120. The molecule has 4 rings (SSSR count). The van der Waals surface area contributed by atoms with Crippen molar-refractivity contribution in [2.75, 3.05) is 12.5 Å². The SMILES string of the molecule is COc1cc(C=NNc2nncc3ccccc23)ccc1OCc1ccccc1. The molecule has 1 aromatic heterocycles. The van der Waals surface area contributed by atoms with E-state index in [0.717, 1.165) is 21.9 Å². The van der Waals surface area contributed by atoms with E-state index < -0.39 is 0 Å². The number of benzene rings is 3. The molecule has 0 atom stereocenters. The van der Waals surface area contributed by atoms with E-state index in [-0.39, 0.29) is 0 Å². The fourth-order valence-corrected chi connectivity index (χ4v) is 2.90. The predicted molar refractivity (Wildman–Crippen MR) is 115 cm³/mol. The van der Waals surface area contributed by atoms with Crippen molar-refractivity contribution in [2.45, 2.75) is 6.61 Å². The zero-order chi connectivity index (χ0) is 19.9. The molecule has 0 aliphatic rings. The summed E-state index contributed by atoms with van der Waals surface area (Å²) < 4.78 is 11.4. The molecule has 0 amide bonds. The largest absolute Gasteiger partial charge is 0.493 e. The minimum atomic E-state index is 0.478. The highest BCUT2D eigenvalue weighted by molar-refractivity contribution is 5.91. The van der Waals surface area contributed by atoms with Gasteiger partial charge in [0.05, 0.1) is 19.5 Å². The summed E-state index contributed by atoms with van der Waals surface area (Å²) in [6.45, 7) is 0.478. The van der Waals surface area contributed by atoms with Gasteiger partial charge in [-0.3, -0.25) is 5.43 Å². The van der Waals surface area contributed by atoms with E-state index in [2.05, 4.69) is 20.7 Å². The van der Waals surface area contributed by atoms with Crippen molar-refractivity contribution >= 4 is 22.8 Å². The minimum absolute atomic E-state index is 0.478. The summed E-state index contributed by atoms with van der Waals surface area (Å²) in [6, 6.07) is 23.6. The van der Waals surface area contributed by atoms with Crippen molar-refractivity contribution in [3.05, 3.63) is 90.1 Å². The number of aromatic nitrogens is 2. The molecule has 0 bridgehead atoms. The van der Waals surface area contributed by atoms with Crippen LogP contribution in [-0.4, -0.2) is 23.5 Å². The lowest BCUT2D eigenvalue weighted by Gasteiger charge is -2.11. The number of rotatable bonds is 7. The topological polar surface area (TPSA) is 68.6 Å². The molecule has 0 saturated carbocycles. The Labute approximate surface area is 168 Å². The van der Waals surface area contributed by atoms with Crippen molar-refractivity contribution in [2.24, 2.45) is 5.10 Å². The monoisotopic (exact) mass is 384 g/mol. The number of fused-ring (bicyclic) bond motifs is 1. The highest BCUT2D eigenvalue weighted by Gasteiger charge is 2.06. The number of nitrogens with one attached hydrogen (secondary N) is 1. The van der Waals surface area contributed by atoms with Crippen LogP contribution >= 0.6 is 0 Å². The molecule has 0 unspecified atom stereocenters. The van der Waals surface area contributed by atoms with Crippen molar-refractivity contribution in [3.63, 3.8) is 0 Å². The van der Waals surface area contributed by atoms with Gasteiger partial charge in [0.15, 0.2) is 17.3 Å². The number of anilines is 1. The summed E-state index contributed by atoms with van der Waals surface area (Å²) in [7, 11) is 1.62. The second-order valence-electron chi connectivity index (χ2n) is 6.33. The number of ether oxygens (including phenoxy) is 2. The summed E-state index contributed by atoms with van der Waals surface area (Å²) in [5, 5.41) is 14.4. The quantitative estimate of drug-likeness (QED) is 0.371. The number of methoxy groups -OCH3 is 1. The molecule has 1 heterocycles. The first-order valence-corrected chi connectivity index (χ1v) is 9.18. The summed E-state index contributed by atoms with van der Waals surface area (Å²) in [5.74, 6) is 1.94. The van der Waals surface area contributed by atoms with E-state index in [1.165, 1.54) is 0 Å². The van der Waals surface area contributed by atoms with Gasteiger partial charge >= 0.3 is 0 Å². The van der Waals surface area contributed by atoms with E-state index in [1.54, 1.807) is 19.5 Å². The van der Waals surface area contributed by atoms with E-state index in [9.17, 15) is 0 Å². The number of hydrogen-bond acceptors (Lipinski definition) is 6. The molecule has 0 aliphatic carbocycles. The molecular formula is C23H20N4O2. The molecule has 0 radical (unpaired) electrons. The Kier molecular flexibility index (Phi) is 5.62. The second kappa shape index (κ2) is 8.84. The van der Waals surface area contributed by atoms with Gasteiger partial charge in [-0.05, 0) is 29.3 Å². The first-order valence-electron chi connectivity index (χ1n) is 9.18. The molecule has 0 fully saturated rings. The van der Waals surface area contributed by atoms with E-state index >= 15 is 0 Å². The predicted octanol–water partition coefficient (Wildman–Crippen LogP) is 4.66. The van der Waals surface area contributed by atoms with Crippen LogP contribution in [0.3, 0.4) is 0 Å². The van der Waals surface area contributed by atoms with Crippen LogP contribution in [0.1, 0.15) is 11.1 Å². The van der Waals surface area contributed by atoms with Gasteiger partial charge in [0.25, 0.3) is 0 Å². The van der Waals surface area contributed by atoms with Gasteiger partial charge < -0.3 is 9.47 Å². The molecule has 0 saturated heterocycles. The molecule has 29 heavy (non-hydrogen) atoms. The molecule has 144 valence electrons. The first kappa shape index (κ1) is 18.4. The maximum absolute atomic E-state index is 5.89. The molecule has 1 N–H and O–H groups in total. The number of nitrogens with zero attached hydrogens (tertiary/aromatic N) is 3. The van der Waals surface area contributed by atoms with E-state index in [4.69, 9.17) is 9.47 Å². The van der Waals surface area contributed by atoms with E-state index in [1.807, 2.05) is 72.8 Å². The fraction of sp³-hybridized carbons (Fsp3) is 0.0870. The molecule has 6 heteroatoms. The average molecular weight is 384 g/mol. The van der Waals surface area contributed by atoms with Gasteiger partial charge in [0, 0.05) is 10.8 Å². The number of hydrazone groups is 1. The Balaban J connectivity index is 1.46. The highest BCUT2D eigenvalue weighted by Crippen LogP contribution is 2.28. The lowest BCUT2D eigenvalue weighted by molar-refractivity contribution is 0.284. The lowest BCUT2D eigenvalue weighted by atomic mass is 10.2. The van der Waals surface area contributed by atoms with Crippen molar-refractivity contribution < 1.29 is 9.47 Å². The lowest BCUT2D eigenvalue weighted by Crippen LogP contribution is -1.99. The number of hydrogen-bond donors (Lipinski definition) is 1. The van der Waals surface area contributed by atoms with Crippen LogP contribution < -0.4 is 14.9 Å². The van der Waals surface area contributed by atoms with Crippen LogP contribution in [-0.2, 0) is 6.61 Å². The van der Waals surface area contributed by atoms with Gasteiger partial charge in [-0.15, -0.1) is 5.10 Å². The van der Waals surface area contributed by atoms with Crippen LogP contribution in [0.4, 0.5) is 5.82 Å². The van der Waals surface area contributed by atoms with Crippen LogP contribution in [0.25, 0.3) is 10.8 Å². The molecule has 0 spiro atoms. The van der Waals surface area contributed by atoms with Gasteiger partial charge in [-0.2, -0.15) is 10.2 Å². The van der Waals surface area contributed by atoms with Crippen LogP contribution in [0.5, 0.6) is 11.5 Å². The van der Waals surface area contributed by atoms with Gasteiger partial charge in [-0.25, -0.2) is 0 Å². The van der Waals surface area contributed by atoms with Crippen LogP contribution in [0.2, 0.25) is 0 Å². The molecule has 3 aromatic carbocycles. The third kappa shape index (κ3) is 4.50. The minimum Gasteiger partial charge on any atom is -0.493 e. The molecular weight excluding hydrogens is 364 g/mol. The second-order valence-corrected chi connectivity index (χ2v) is 6.33. The standard InChI is InChI=1S/C23H20N4O2/c1-28-22-13-18(11-12-21(22)29-16-17-7-3-2-4-8-17)14-24-26-23-20-10-6-5-9-19(20)15-25-27-23/h2-15H,16H2,1H3,(H,26,27). The third-order valence-corrected chi connectivity index (χ3v) is 4.38. The van der Waals surface area contributed by atoms with Gasteiger partial charge in [0.1, 0.15) is 6.61 Å². The summed E-state index contributed by atoms with van der Waals surface area (Å²) >= 11 is 0. The maximum atomic E-state index is 5.89. The Morgan fingerprint density at radius 1 is 0.966 bits per heavy atom. The smallest absolute Gasteiger partial charge is 0.176 e. The highest BCUT2D eigenvalue weighted by atomic mass is 16.5. The van der Waals surface area contributed by atoms with Crippen molar-refractivity contribution in [1.29, 1.82) is 0 Å². The van der Waals surface area contributed by atoms with Crippen molar-refractivity contribution in [3.8, 4) is 11.5 Å². The Morgan fingerprint density at radius 3 is 2.66 bits per heavy atom. The van der Waals surface area contributed by atoms with Crippen molar-refractivity contribution in [1.82, 2.24) is 10.2 Å². The normalized spacial score (nSPS) is 10.9. The fourth-order valence-electron chi connectivity index (χ4n) is 2.90. The van der Waals surface area contributed by atoms with Gasteiger partial charge in [-0.1, -0.05) is 54.6 Å².